The average molecular weight is 843 g/mol. The van der Waals surface area contributed by atoms with Crippen LogP contribution in [-0.4, -0.2) is 37.2 Å². The Morgan fingerprint density at radius 3 is 1.07 bits per heavy atom. The normalized spacial score (nSPS) is 12.2. The fourth-order valence-corrected chi connectivity index (χ4v) is 7.46. The van der Waals surface area contributed by atoms with Crippen LogP contribution in [0.25, 0.3) is 0 Å². The van der Waals surface area contributed by atoms with Gasteiger partial charge in [-0.2, -0.15) is 0 Å². The van der Waals surface area contributed by atoms with Gasteiger partial charge in [0, 0.05) is 19.3 Å². The van der Waals surface area contributed by atoms with E-state index in [0.717, 1.165) is 96.3 Å². The van der Waals surface area contributed by atoms with Gasteiger partial charge >= 0.3 is 17.9 Å². The predicted octanol–water partition coefficient (Wildman–Crippen LogP) is 16.9. The maximum Gasteiger partial charge on any atom is 0.306 e. The van der Waals surface area contributed by atoms with Gasteiger partial charge in [-0.3, -0.25) is 14.4 Å². The van der Waals surface area contributed by atoms with Gasteiger partial charge in [-0.05, 0) is 64.2 Å². The summed E-state index contributed by atoms with van der Waals surface area (Å²) in [6.45, 7) is 6.50. The lowest BCUT2D eigenvalue weighted by atomic mass is 10.0. The van der Waals surface area contributed by atoms with Crippen LogP contribution in [0.15, 0.2) is 36.5 Å². The molecule has 1 unspecified atom stereocenters. The summed E-state index contributed by atoms with van der Waals surface area (Å²) in [5, 5.41) is 0. The molecule has 0 heterocycles. The minimum atomic E-state index is -0.776. The Labute approximate surface area is 372 Å². The highest BCUT2D eigenvalue weighted by atomic mass is 16.6. The second kappa shape index (κ2) is 49.3. The maximum atomic E-state index is 12.8. The van der Waals surface area contributed by atoms with E-state index < -0.39 is 6.10 Å². The lowest BCUT2D eigenvalue weighted by Crippen LogP contribution is -2.30. The third kappa shape index (κ3) is 46.7. The molecule has 6 nitrogen and oxygen atoms in total. The van der Waals surface area contributed by atoms with Crippen LogP contribution in [-0.2, 0) is 28.6 Å². The molecule has 350 valence electrons. The van der Waals surface area contributed by atoms with Gasteiger partial charge in [0.15, 0.2) is 6.10 Å². The largest absolute Gasteiger partial charge is 0.462 e. The fourth-order valence-electron chi connectivity index (χ4n) is 7.46. The van der Waals surface area contributed by atoms with Crippen LogP contribution in [0.5, 0.6) is 0 Å². The molecule has 1 atom stereocenters. The summed E-state index contributed by atoms with van der Waals surface area (Å²) in [6, 6.07) is 0. The Balaban J connectivity index is 4.29. The zero-order chi connectivity index (χ0) is 43.7. The Bertz CT molecular complexity index is 1020. The molecule has 0 radical (unpaired) electrons. The van der Waals surface area contributed by atoms with E-state index in [0.29, 0.717) is 19.3 Å². The summed E-state index contributed by atoms with van der Waals surface area (Å²) in [5.41, 5.74) is 0. The molecular weight excluding hydrogens is 745 g/mol. The molecule has 0 amide bonds. The summed E-state index contributed by atoms with van der Waals surface area (Å²) < 4.78 is 16.8. The lowest BCUT2D eigenvalue weighted by Gasteiger charge is -2.18. The molecule has 0 saturated carbocycles. The van der Waals surface area contributed by atoms with Crippen molar-refractivity contribution in [2.45, 2.75) is 277 Å². The van der Waals surface area contributed by atoms with Gasteiger partial charge in [0.05, 0.1) is 0 Å². The van der Waals surface area contributed by atoms with E-state index >= 15 is 0 Å². The van der Waals surface area contributed by atoms with Gasteiger partial charge in [0.2, 0.25) is 0 Å². The Kier molecular flexibility index (Phi) is 47.3. The second-order valence-corrected chi connectivity index (χ2v) is 17.4. The van der Waals surface area contributed by atoms with Crippen LogP contribution < -0.4 is 0 Å². The molecule has 0 aromatic carbocycles. The Morgan fingerprint density at radius 1 is 0.350 bits per heavy atom. The highest BCUT2D eigenvalue weighted by Gasteiger charge is 2.19. The minimum Gasteiger partial charge on any atom is -0.462 e. The van der Waals surface area contributed by atoms with Crippen molar-refractivity contribution in [2.75, 3.05) is 13.2 Å². The molecule has 60 heavy (non-hydrogen) atoms. The van der Waals surface area contributed by atoms with Crippen molar-refractivity contribution in [3.8, 4) is 0 Å². The highest BCUT2D eigenvalue weighted by molar-refractivity contribution is 5.71. The SMILES string of the molecule is CC/C=C\C/C=C\CCCCCCCCCC(=O)OC(COC(=O)CCCCCC/C=C\CCCC)COC(=O)CCCCCCCCCCCCCCCCCCCC. The molecular formula is C54H98O6. The van der Waals surface area contributed by atoms with Gasteiger partial charge in [0.1, 0.15) is 13.2 Å². The van der Waals surface area contributed by atoms with Gasteiger partial charge in [-0.1, -0.05) is 224 Å². The first-order valence-electron chi connectivity index (χ1n) is 26.0. The van der Waals surface area contributed by atoms with E-state index in [4.69, 9.17) is 14.2 Å². The van der Waals surface area contributed by atoms with Crippen LogP contribution in [0.4, 0.5) is 0 Å². The quantitative estimate of drug-likeness (QED) is 0.0263. The molecule has 0 N–H and O–H groups in total. The molecule has 0 aliphatic rings. The number of esters is 3. The van der Waals surface area contributed by atoms with Crippen molar-refractivity contribution < 1.29 is 28.6 Å². The smallest absolute Gasteiger partial charge is 0.306 e. The summed E-state index contributed by atoms with van der Waals surface area (Å²) in [5.74, 6) is -0.889. The summed E-state index contributed by atoms with van der Waals surface area (Å²) in [4.78, 5) is 37.9. The third-order valence-corrected chi connectivity index (χ3v) is 11.4. The van der Waals surface area contributed by atoms with E-state index in [1.807, 2.05) is 0 Å². The number of ether oxygens (including phenoxy) is 3. The van der Waals surface area contributed by atoms with Crippen molar-refractivity contribution in [2.24, 2.45) is 0 Å². The van der Waals surface area contributed by atoms with Gasteiger partial charge in [0.25, 0.3) is 0 Å². The number of allylic oxidation sites excluding steroid dienone is 6. The number of hydrogen-bond acceptors (Lipinski definition) is 6. The van der Waals surface area contributed by atoms with E-state index in [9.17, 15) is 14.4 Å². The molecule has 6 heteroatoms. The molecule has 0 aliphatic heterocycles. The number of unbranched alkanes of at least 4 members (excludes halogenated alkanes) is 30. The predicted molar refractivity (Wildman–Crippen MR) is 256 cm³/mol. The molecule has 0 aromatic heterocycles. The molecule has 0 aliphatic carbocycles. The number of rotatable bonds is 47. The first kappa shape index (κ1) is 57.6. The Hall–Kier alpha value is -2.37. The minimum absolute atomic E-state index is 0.0761. The standard InChI is InChI=1S/C54H98O6/c1-4-7-10-13-16-19-22-24-26-27-28-29-31-32-35-38-41-44-47-53(56)59-50-51(49-58-52(55)46-43-40-37-34-21-18-15-12-9-6-3)60-54(57)48-45-42-39-36-33-30-25-23-20-17-14-11-8-5-2/h8,11,15,17-18,20,51H,4-7,9-10,12-14,16,19,21-50H2,1-3H3/b11-8-,18-15-,20-17-. The van der Waals surface area contributed by atoms with E-state index in [1.165, 1.54) is 135 Å². The first-order valence-corrected chi connectivity index (χ1v) is 26.0. The van der Waals surface area contributed by atoms with E-state index in [2.05, 4.69) is 57.2 Å². The zero-order valence-corrected chi connectivity index (χ0v) is 40.0. The van der Waals surface area contributed by atoms with Crippen molar-refractivity contribution in [1.29, 1.82) is 0 Å². The maximum absolute atomic E-state index is 12.8. The molecule has 0 rings (SSSR count). The van der Waals surface area contributed by atoms with Crippen LogP contribution in [0.2, 0.25) is 0 Å². The Morgan fingerprint density at radius 2 is 0.667 bits per heavy atom. The van der Waals surface area contributed by atoms with Crippen molar-refractivity contribution in [1.82, 2.24) is 0 Å². The molecule has 0 aromatic rings. The zero-order valence-electron chi connectivity index (χ0n) is 40.0. The van der Waals surface area contributed by atoms with Gasteiger partial charge in [-0.15, -0.1) is 0 Å². The first-order chi connectivity index (χ1) is 29.5. The molecule has 0 saturated heterocycles. The van der Waals surface area contributed by atoms with Crippen LogP contribution in [0.3, 0.4) is 0 Å². The molecule has 0 spiro atoms. The highest BCUT2D eigenvalue weighted by Crippen LogP contribution is 2.16. The summed E-state index contributed by atoms with van der Waals surface area (Å²) in [7, 11) is 0. The molecule has 0 bridgehead atoms. The van der Waals surface area contributed by atoms with Crippen LogP contribution in [0, 0.1) is 0 Å². The van der Waals surface area contributed by atoms with Gasteiger partial charge in [-0.25, -0.2) is 0 Å². The van der Waals surface area contributed by atoms with E-state index in [-0.39, 0.29) is 31.1 Å². The van der Waals surface area contributed by atoms with E-state index in [1.54, 1.807) is 0 Å². The van der Waals surface area contributed by atoms with Crippen LogP contribution in [0.1, 0.15) is 271 Å². The lowest BCUT2D eigenvalue weighted by molar-refractivity contribution is -0.167. The number of carbonyl (C=O) groups is 3. The monoisotopic (exact) mass is 843 g/mol. The average Bonchev–Trinajstić information content (AvgIpc) is 3.24. The number of hydrogen-bond donors (Lipinski definition) is 0. The summed E-state index contributed by atoms with van der Waals surface area (Å²) in [6.07, 6.45) is 57.1. The summed E-state index contributed by atoms with van der Waals surface area (Å²) >= 11 is 0. The third-order valence-electron chi connectivity index (χ3n) is 11.4. The molecule has 0 fully saturated rings. The van der Waals surface area contributed by atoms with Crippen molar-refractivity contribution in [3.63, 3.8) is 0 Å². The second-order valence-electron chi connectivity index (χ2n) is 17.4. The van der Waals surface area contributed by atoms with Crippen molar-refractivity contribution in [3.05, 3.63) is 36.5 Å². The van der Waals surface area contributed by atoms with Gasteiger partial charge < -0.3 is 14.2 Å². The van der Waals surface area contributed by atoms with Crippen molar-refractivity contribution >= 4 is 17.9 Å². The topological polar surface area (TPSA) is 78.9 Å². The fraction of sp³-hybridized carbons (Fsp3) is 0.833. The van der Waals surface area contributed by atoms with Crippen LogP contribution >= 0.6 is 0 Å². The number of carbonyl (C=O) groups excluding carboxylic acids is 3.